The molecule has 7 nitrogen and oxygen atoms in total. The second-order valence-electron chi connectivity index (χ2n) is 10.7. The van der Waals surface area contributed by atoms with Crippen LogP contribution in [0.1, 0.15) is 70.7 Å². The molecule has 8 heteroatoms. The largest absolute Gasteiger partial charge is 0.444 e. The number of nitrogens with one attached hydrogen (secondary N) is 2. The van der Waals surface area contributed by atoms with Crippen molar-refractivity contribution in [1.82, 2.24) is 15.5 Å². The molecule has 0 spiro atoms. The van der Waals surface area contributed by atoms with E-state index < -0.39 is 35.2 Å². The van der Waals surface area contributed by atoms with E-state index in [1.165, 1.54) is 0 Å². The summed E-state index contributed by atoms with van der Waals surface area (Å²) in [6.07, 6.45) is -0.131. The summed E-state index contributed by atoms with van der Waals surface area (Å²) in [5, 5.41) is 5.68. The molecule has 0 aromatic heterocycles. The Kier molecular flexibility index (Phi) is 10.6. The summed E-state index contributed by atoms with van der Waals surface area (Å²) in [6, 6.07) is 15.2. The van der Waals surface area contributed by atoms with Gasteiger partial charge >= 0.3 is 6.09 Å². The molecule has 202 valence electrons. The van der Waals surface area contributed by atoms with Crippen molar-refractivity contribution < 1.29 is 19.1 Å². The summed E-state index contributed by atoms with van der Waals surface area (Å²) in [5.41, 5.74) is 1.11. The van der Waals surface area contributed by atoms with Gasteiger partial charge in [-0.2, -0.15) is 12.6 Å². The van der Waals surface area contributed by atoms with E-state index in [-0.39, 0.29) is 11.7 Å². The molecule has 0 saturated carbocycles. The van der Waals surface area contributed by atoms with Gasteiger partial charge in [0, 0.05) is 17.8 Å². The molecule has 0 radical (unpaired) electrons. The average molecular weight is 528 g/mol. The predicted molar refractivity (Wildman–Crippen MR) is 150 cm³/mol. The Morgan fingerprint density at radius 3 is 2.11 bits per heavy atom. The zero-order valence-electron chi connectivity index (χ0n) is 23.0. The molecule has 0 aliphatic heterocycles. The van der Waals surface area contributed by atoms with E-state index >= 15 is 0 Å². The average Bonchev–Trinajstić information content (AvgIpc) is 2.84. The van der Waals surface area contributed by atoms with E-state index in [0.29, 0.717) is 13.0 Å². The third kappa shape index (κ3) is 8.52. The Hall–Kier alpha value is -3.00. The van der Waals surface area contributed by atoms with E-state index in [1.807, 2.05) is 82.3 Å². The zero-order chi connectivity index (χ0) is 27.8. The molecule has 2 atom stereocenters. The van der Waals surface area contributed by atoms with Gasteiger partial charge < -0.3 is 20.3 Å². The van der Waals surface area contributed by atoms with Crippen molar-refractivity contribution in [3.05, 3.63) is 71.3 Å². The van der Waals surface area contributed by atoms with Crippen molar-refractivity contribution in [2.24, 2.45) is 0 Å². The number of carbonyl (C=O) groups excluding carboxylic acids is 3. The van der Waals surface area contributed by atoms with Crippen LogP contribution in [0.2, 0.25) is 0 Å². The van der Waals surface area contributed by atoms with E-state index in [4.69, 9.17) is 4.74 Å². The van der Waals surface area contributed by atoms with Crippen LogP contribution in [-0.2, 0) is 20.9 Å². The first-order valence-electron chi connectivity index (χ1n) is 12.6. The Morgan fingerprint density at radius 2 is 1.57 bits per heavy atom. The molecule has 0 aliphatic carbocycles. The topological polar surface area (TPSA) is 87.7 Å². The minimum atomic E-state index is -0.988. The number of thiol groups is 1. The van der Waals surface area contributed by atoms with Crippen LogP contribution < -0.4 is 10.6 Å². The second kappa shape index (κ2) is 13.0. The number of nitrogens with zero attached hydrogens (tertiary/aromatic N) is 1. The lowest BCUT2D eigenvalue weighted by molar-refractivity contribution is -0.149. The molecule has 2 aromatic carbocycles. The minimum absolute atomic E-state index is 0.0422. The molecule has 0 heterocycles. The van der Waals surface area contributed by atoms with Crippen molar-refractivity contribution in [3.63, 3.8) is 0 Å². The second-order valence-corrected chi connectivity index (χ2v) is 11.1. The van der Waals surface area contributed by atoms with E-state index in [1.54, 1.807) is 25.7 Å². The number of amides is 3. The Balaban J connectivity index is 2.51. The lowest BCUT2D eigenvalue weighted by Gasteiger charge is -2.44. The van der Waals surface area contributed by atoms with Gasteiger partial charge in [-0.25, -0.2) is 4.79 Å². The molecule has 2 aromatic rings. The van der Waals surface area contributed by atoms with Crippen LogP contribution in [0.3, 0.4) is 0 Å². The first kappa shape index (κ1) is 30.2. The van der Waals surface area contributed by atoms with Gasteiger partial charge in [0.05, 0.1) is 0 Å². The maximum atomic E-state index is 14.1. The summed E-state index contributed by atoms with van der Waals surface area (Å²) >= 11 is 4.36. The first-order chi connectivity index (χ1) is 17.3. The van der Waals surface area contributed by atoms with E-state index in [0.717, 1.165) is 16.7 Å². The van der Waals surface area contributed by atoms with Gasteiger partial charge in [0.15, 0.2) is 0 Å². The number of hydrogen-bond acceptors (Lipinski definition) is 5. The van der Waals surface area contributed by atoms with Gasteiger partial charge in [-0.1, -0.05) is 61.5 Å². The van der Waals surface area contributed by atoms with Gasteiger partial charge in [-0.3, -0.25) is 9.59 Å². The summed E-state index contributed by atoms with van der Waals surface area (Å²) in [6.45, 7) is 13.3. The molecule has 2 unspecified atom stereocenters. The molecule has 2 rings (SSSR count). The number of benzene rings is 2. The Morgan fingerprint density at radius 1 is 0.973 bits per heavy atom. The molecule has 0 fully saturated rings. The number of hydrogen-bond donors (Lipinski definition) is 3. The molecular formula is C29H41N3O4S. The fourth-order valence-electron chi connectivity index (χ4n) is 3.92. The highest BCUT2D eigenvalue weighted by atomic mass is 32.1. The molecule has 0 aliphatic rings. The van der Waals surface area contributed by atoms with Crippen LogP contribution in [0.4, 0.5) is 4.79 Å². The predicted octanol–water partition coefficient (Wildman–Crippen LogP) is 5.19. The van der Waals surface area contributed by atoms with E-state index in [2.05, 4.69) is 23.3 Å². The van der Waals surface area contributed by atoms with Gasteiger partial charge in [0.1, 0.15) is 17.7 Å². The third-order valence-electron chi connectivity index (χ3n) is 6.23. The van der Waals surface area contributed by atoms with E-state index in [9.17, 15) is 14.4 Å². The van der Waals surface area contributed by atoms with Crippen LogP contribution in [0.25, 0.3) is 0 Å². The normalized spacial score (nSPS) is 13.3. The summed E-state index contributed by atoms with van der Waals surface area (Å²) in [5.74, 6) is -0.667. The molecular weight excluding hydrogens is 486 g/mol. The quantitative estimate of drug-likeness (QED) is 0.371. The number of carbonyl (C=O) groups is 3. The smallest absolute Gasteiger partial charge is 0.408 e. The number of ether oxygens (including phenoxy) is 1. The van der Waals surface area contributed by atoms with Gasteiger partial charge in [-0.05, 0) is 64.7 Å². The van der Waals surface area contributed by atoms with Crippen LogP contribution in [0.5, 0.6) is 0 Å². The van der Waals surface area contributed by atoms with Crippen molar-refractivity contribution in [1.29, 1.82) is 0 Å². The third-order valence-corrected chi connectivity index (χ3v) is 6.59. The minimum Gasteiger partial charge on any atom is -0.444 e. The molecule has 0 saturated heterocycles. The van der Waals surface area contributed by atoms with Crippen LogP contribution >= 0.6 is 12.6 Å². The maximum Gasteiger partial charge on any atom is 0.408 e. The summed E-state index contributed by atoms with van der Waals surface area (Å²) < 4.78 is 5.38. The van der Waals surface area contributed by atoms with Gasteiger partial charge in [0.25, 0.3) is 0 Å². The van der Waals surface area contributed by atoms with Crippen molar-refractivity contribution >= 4 is 30.5 Å². The zero-order valence-corrected chi connectivity index (χ0v) is 23.9. The molecule has 37 heavy (non-hydrogen) atoms. The number of aryl methyl sites for hydroxylation is 1. The number of alkyl carbamates (subject to hydrolysis) is 1. The van der Waals surface area contributed by atoms with Crippen LogP contribution in [-0.4, -0.2) is 45.7 Å². The van der Waals surface area contributed by atoms with Crippen molar-refractivity contribution in [2.45, 2.75) is 84.7 Å². The molecule has 3 amide bonds. The van der Waals surface area contributed by atoms with Crippen molar-refractivity contribution in [3.8, 4) is 0 Å². The number of rotatable bonds is 10. The molecule has 2 N–H and O–H groups in total. The highest BCUT2D eigenvalue weighted by Crippen LogP contribution is 2.33. The lowest BCUT2D eigenvalue weighted by Crippen LogP contribution is -2.60. The summed E-state index contributed by atoms with van der Waals surface area (Å²) in [7, 11) is 0. The van der Waals surface area contributed by atoms with Gasteiger partial charge in [0.2, 0.25) is 11.8 Å². The van der Waals surface area contributed by atoms with Gasteiger partial charge in [-0.15, -0.1) is 0 Å². The van der Waals surface area contributed by atoms with Crippen molar-refractivity contribution in [2.75, 3.05) is 5.75 Å². The Labute approximate surface area is 226 Å². The highest BCUT2D eigenvalue weighted by Gasteiger charge is 2.43. The van der Waals surface area contributed by atoms with Crippen LogP contribution in [0.15, 0.2) is 54.6 Å². The lowest BCUT2D eigenvalue weighted by atomic mass is 9.90. The maximum absolute atomic E-state index is 14.1. The standard InChI is InChI=1S/C29H41N3O4S/c1-8-29(6,7)32(26(34)23(19-37)31-27(35)36-28(3,4)5)24(22-17-13-12-14-20(22)2)25(33)30-18-21-15-10-9-11-16-21/h9-17,23-24,37H,8,18-19H2,1-7H3,(H,30,33)(H,31,35). The first-order valence-corrected chi connectivity index (χ1v) is 13.2. The highest BCUT2D eigenvalue weighted by molar-refractivity contribution is 7.80. The monoisotopic (exact) mass is 527 g/mol. The fourth-order valence-corrected chi connectivity index (χ4v) is 4.17. The van der Waals surface area contributed by atoms with Crippen LogP contribution in [0, 0.1) is 6.92 Å². The summed E-state index contributed by atoms with van der Waals surface area (Å²) in [4.78, 5) is 42.1. The fraction of sp³-hybridized carbons (Fsp3) is 0.483. The SMILES string of the molecule is CCC(C)(C)N(C(=O)C(CS)NC(=O)OC(C)(C)C)C(C(=O)NCc1ccccc1)c1ccccc1C. The molecule has 0 bridgehead atoms. The Bertz CT molecular complexity index is 1070.